The third kappa shape index (κ3) is 2.47. The van der Waals surface area contributed by atoms with E-state index in [1.807, 2.05) is 12.1 Å². The molecular formula is C16H18N2O. The van der Waals surface area contributed by atoms with Gasteiger partial charge in [0.05, 0.1) is 6.61 Å². The Balaban J connectivity index is 1.99. The largest absolute Gasteiger partial charge is 0.392 e. The highest BCUT2D eigenvalue weighted by Crippen LogP contribution is 2.31. The van der Waals surface area contributed by atoms with E-state index >= 15 is 0 Å². The first-order valence-electron chi connectivity index (χ1n) is 6.80. The second-order valence-corrected chi connectivity index (χ2v) is 4.92. The van der Waals surface area contributed by atoms with Crippen LogP contribution in [0.5, 0.6) is 0 Å². The lowest BCUT2D eigenvalue weighted by Crippen LogP contribution is -2.19. The molecular weight excluding hydrogens is 236 g/mol. The number of nitrogens with zero attached hydrogens (tertiary/aromatic N) is 2. The summed E-state index contributed by atoms with van der Waals surface area (Å²) in [6.45, 7) is 1.05. The van der Waals surface area contributed by atoms with Crippen LogP contribution < -0.4 is 4.90 Å². The summed E-state index contributed by atoms with van der Waals surface area (Å²) in [4.78, 5) is 6.76. The van der Waals surface area contributed by atoms with Crippen molar-refractivity contribution in [3.63, 3.8) is 0 Å². The van der Waals surface area contributed by atoms with Crippen molar-refractivity contribution >= 4 is 11.5 Å². The first-order chi connectivity index (χ1) is 9.38. The summed E-state index contributed by atoms with van der Waals surface area (Å²) in [6, 6.07) is 12.5. The highest BCUT2D eigenvalue weighted by atomic mass is 16.3. The van der Waals surface area contributed by atoms with Gasteiger partial charge in [-0.3, -0.25) is 0 Å². The minimum atomic E-state index is 0.0455. The predicted molar refractivity (Wildman–Crippen MR) is 76.5 cm³/mol. The van der Waals surface area contributed by atoms with Crippen molar-refractivity contribution in [3.05, 3.63) is 53.7 Å². The van der Waals surface area contributed by atoms with Crippen LogP contribution in [0.25, 0.3) is 0 Å². The zero-order valence-electron chi connectivity index (χ0n) is 10.9. The number of hydrogen-bond acceptors (Lipinski definition) is 3. The SMILES string of the molecule is OCc1ccc(N2CCCCc3ccccc32)nc1. The molecule has 0 atom stereocenters. The summed E-state index contributed by atoms with van der Waals surface area (Å²) < 4.78 is 0. The molecule has 1 aliphatic rings. The van der Waals surface area contributed by atoms with E-state index in [-0.39, 0.29) is 6.61 Å². The smallest absolute Gasteiger partial charge is 0.132 e. The molecule has 0 unspecified atom stereocenters. The van der Waals surface area contributed by atoms with Gasteiger partial charge in [-0.25, -0.2) is 4.98 Å². The minimum Gasteiger partial charge on any atom is -0.392 e. The van der Waals surface area contributed by atoms with Crippen LogP contribution in [-0.4, -0.2) is 16.6 Å². The molecule has 19 heavy (non-hydrogen) atoms. The van der Waals surface area contributed by atoms with Crippen LogP contribution in [0.15, 0.2) is 42.6 Å². The molecule has 1 N–H and O–H groups in total. The molecule has 1 aromatic carbocycles. The predicted octanol–water partition coefficient (Wildman–Crippen LogP) is 3.05. The van der Waals surface area contributed by atoms with Crippen molar-refractivity contribution in [1.82, 2.24) is 4.98 Å². The Morgan fingerprint density at radius 3 is 2.79 bits per heavy atom. The van der Waals surface area contributed by atoms with Crippen LogP contribution in [0.2, 0.25) is 0 Å². The van der Waals surface area contributed by atoms with Crippen molar-refractivity contribution in [3.8, 4) is 0 Å². The van der Waals surface area contributed by atoms with Crippen LogP contribution in [0.3, 0.4) is 0 Å². The normalized spacial score (nSPS) is 14.9. The minimum absolute atomic E-state index is 0.0455. The fourth-order valence-electron chi connectivity index (χ4n) is 2.60. The molecule has 0 amide bonds. The second kappa shape index (κ2) is 5.41. The molecule has 2 heterocycles. The first kappa shape index (κ1) is 12.2. The molecule has 0 spiro atoms. The van der Waals surface area contributed by atoms with Gasteiger partial charge in [-0.05, 0) is 42.5 Å². The van der Waals surface area contributed by atoms with Crippen LogP contribution in [0.4, 0.5) is 11.5 Å². The molecule has 2 aromatic rings. The average Bonchev–Trinajstić information content (AvgIpc) is 2.70. The van der Waals surface area contributed by atoms with Crippen LogP contribution in [0.1, 0.15) is 24.0 Å². The maximum absolute atomic E-state index is 9.09. The van der Waals surface area contributed by atoms with E-state index < -0.39 is 0 Å². The first-order valence-corrected chi connectivity index (χ1v) is 6.80. The molecule has 0 saturated carbocycles. The summed E-state index contributed by atoms with van der Waals surface area (Å²) in [6.07, 6.45) is 5.30. The summed E-state index contributed by atoms with van der Waals surface area (Å²) in [5.74, 6) is 0.964. The lowest BCUT2D eigenvalue weighted by atomic mass is 10.1. The molecule has 1 aliphatic heterocycles. The van der Waals surface area contributed by atoms with Gasteiger partial charge < -0.3 is 10.0 Å². The lowest BCUT2D eigenvalue weighted by molar-refractivity contribution is 0.281. The van der Waals surface area contributed by atoms with E-state index in [4.69, 9.17) is 5.11 Å². The monoisotopic (exact) mass is 254 g/mol. The van der Waals surface area contributed by atoms with Crippen LogP contribution in [-0.2, 0) is 13.0 Å². The number of pyridine rings is 1. The van der Waals surface area contributed by atoms with Gasteiger partial charge in [0.25, 0.3) is 0 Å². The fourth-order valence-corrected chi connectivity index (χ4v) is 2.60. The molecule has 0 fully saturated rings. The zero-order chi connectivity index (χ0) is 13.1. The Labute approximate surface area is 113 Å². The quantitative estimate of drug-likeness (QED) is 0.894. The Kier molecular flexibility index (Phi) is 3.47. The standard InChI is InChI=1S/C16H18N2O/c19-12-13-8-9-16(17-11-13)18-10-4-3-6-14-5-1-2-7-15(14)18/h1-2,5,7-9,11,19H,3-4,6,10,12H2. The molecule has 3 rings (SSSR count). The van der Waals surface area contributed by atoms with Gasteiger partial charge >= 0.3 is 0 Å². The van der Waals surface area contributed by atoms with E-state index in [1.54, 1.807) is 6.20 Å². The van der Waals surface area contributed by atoms with E-state index in [9.17, 15) is 0 Å². The van der Waals surface area contributed by atoms with Gasteiger partial charge in [0.1, 0.15) is 5.82 Å². The molecule has 3 nitrogen and oxygen atoms in total. The van der Waals surface area contributed by atoms with Gasteiger partial charge in [0.15, 0.2) is 0 Å². The molecule has 0 saturated heterocycles. The Morgan fingerprint density at radius 1 is 1.11 bits per heavy atom. The molecule has 1 aromatic heterocycles. The maximum Gasteiger partial charge on any atom is 0.132 e. The Bertz CT molecular complexity index is 551. The van der Waals surface area contributed by atoms with Crippen molar-refractivity contribution in [2.45, 2.75) is 25.9 Å². The van der Waals surface area contributed by atoms with Crippen LogP contribution in [0, 0.1) is 0 Å². The Hall–Kier alpha value is -1.87. The second-order valence-electron chi connectivity index (χ2n) is 4.92. The average molecular weight is 254 g/mol. The van der Waals surface area contributed by atoms with E-state index in [0.717, 1.165) is 24.3 Å². The van der Waals surface area contributed by atoms with Gasteiger partial charge in [0, 0.05) is 18.4 Å². The van der Waals surface area contributed by atoms with E-state index in [1.165, 1.54) is 24.1 Å². The number of rotatable bonds is 2. The molecule has 0 bridgehead atoms. The van der Waals surface area contributed by atoms with E-state index in [2.05, 4.69) is 34.1 Å². The highest BCUT2D eigenvalue weighted by Gasteiger charge is 2.16. The van der Waals surface area contributed by atoms with Crippen molar-refractivity contribution < 1.29 is 5.11 Å². The fraction of sp³-hybridized carbons (Fsp3) is 0.312. The van der Waals surface area contributed by atoms with Gasteiger partial charge in [-0.2, -0.15) is 0 Å². The number of aryl methyl sites for hydroxylation is 1. The third-order valence-electron chi connectivity index (χ3n) is 3.63. The number of aliphatic hydroxyl groups is 1. The van der Waals surface area contributed by atoms with Gasteiger partial charge in [-0.15, -0.1) is 0 Å². The number of fused-ring (bicyclic) bond motifs is 1. The summed E-state index contributed by atoms with van der Waals surface area (Å²) >= 11 is 0. The number of para-hydroxylation sites is 1. The van der Waals surface area contributed by atoms with Crippen LogP contribution >= 0.6 is 0 Å². The number of anilines is 2. The van der Waals surface area contributed by atoms with E-state index in [0.29, 0.717) is 0 Å². The molecule has 0 aliphatic carbocycles. The molecule has 0 radical (unpaired) electrons. The third-order valence-corrected chi connectivity index (χ3v) is 3.63. The van der Waals surface area contributed by atoms with Crippen molar-refractivity contribution in [2.75, 3.05) is 11.4 Å². The summed E-state index contributed by atoms with van der Waals surface area (Å²) in [5, 5.41) is 9.09. The zero-order valence-corrected chi connectivity index (χ0v) is 10.9. The maximum atomic E-state index is 9.09. The highest BCUT2D eigenvalue weighted by molar-refractivity contribution is 5.64. The molecule has 98 valence electrons. The van der Waals surface area contributed by atoms with Crippen molar-refractivity contribution in [1.29, 1.82) is 0 Å². The summed E-state index contributed by atoms with van der Waals surface area (Å²) in [5.41, 5.74) is 3.52. The van der Waals surface area contributed by atoms with Gasteiger partial charge in [0.2, 0.25) is 0 Å². The number of benzene rings is 1. The number of aliphatic hydroxyl groups excluding tert-OH is 1. The number of aromatic nitrogens is 1. The number of hydrogen-bond donors (Lipinski definition) is 1. The Morgan fingerprint density at radius 2 is 2.00 bits per heavy atom. The lowest BCUT2D eigenvalue weighted by Gasteiger charge is -2.24. The molecule has 3 heteroatoms. The topological polar surface area (TPSA) is 36.4 Å². The van der Waals surface area contributed by atoms with Crippen molar-refractivity contribution in [2.24, 2.45) is 0 Å². The van der Waals surface area contributed by atoms with Gasteiger partial charge in [-0.1, -0.05) is 24.3 Å². The summed E-state index contributed by atoms with van der Waals surface area (Å²) in [7, 11) is 0.